The molecule has 360 valence electrons. The minimum atomic E-state index is -1.53. The van der Waals surface area contributed by atoms with Crippen molar-refractivity contribution in [2.75, 3.05) is 63.5 Å². The minimum absolute atomic E-state index is 0.0445. The summed E-state index contributed by atoms with van der Waals surface area (Å²) in [6.45, 7) is 11.6. The summed E-state index contributed by atoms with van der Waals surface area (Å²) in [5, 5.41) is 23.5. The van der Waals surface area contributed by atoms with Crippen molar-refractivity contribution in [3.05, 3.63) is 128 Å². The minimum Gasteiger partial charge on any atom is -0.398 e. The molecule has 4 saturated heterocycles. The molecule has 2 atom stereocenters. The summed E-state index contributed by atoms with van der Waals surface area (Å²) in [5.41, 5.74) is 16.1. The molecule has 0 radical (unpaired) electrons. The smallest absolute Gasteiger partial charge is 0.319 e. The second kappa shape index (κ2) is 23.1. The van der Waals surface area contributed by atoms with Gasteiger partial charge in [0.2, 0.25) is 0 Å². The van der Waals surface area contributed by atoms with Crippen LogP contribution in [-0.4, -0.2) is 92.3 Å². The van der Waals surface area contributed by atoms with Crippen molar-refractivity contribution in [3.63, 3.8) is 0 Å². The number of amides is 4. The highest BCUT2D eigenvalue weighted by Gasteiger charge is 2.39. The zero-order valence-electron chi connectivity index (χ0n) is 39.6. The van der Waals surface area contributed by atoms with E-state index in [1.54, 1.807) is 70.5 Å². The maximum atomic E-state index is 15.6. The number of anilines is 2. The van der Waals surface area contributed by atoms with Crippen LogP contribution in [0.15, 0.2) is 72.8 Å². The molecule has 0 unspecified atom stereocenters. The van der Waals surface area contributed by atoms with Gasteiger partial charge in [-0.15, -0.1) is 0 Å². The third kappa shape index (κ3) is 12.8. The van der Waals surface area contributed by atoms with E-state index in [-0.39, 0.29) is 62.7 Å². The van der Waals surface area contributed by atoms with Gasteiger partial charge in [0.05, 0.1) is 35.5 Å². The molecular weight excluding hydrogens is 867 g/mol. The molecule has 8 rings (SSSR count). The number of hydrogen-bond acceptors (Lipinski definition) is 9. The SMILES string of the molecule is Cc1cc(C)c(C(=O)N2CCC(F)(c3ccc(C#N)cc3)CC2)cc1N.Cc1cc(C)c(C(=O)N2CCC(F)(c3ccc(C#N)cc3)CC2)cc1NC(=O)NC[C@H]1CCCO1.NC[C@H]1CCCO1. The number of halogens is 2. The molecule has 0 aromatic heterocycles. The van der Waals surface area contributed by atoms with E-state index in [0.717, 1.165) is 54.7 Å². The number of ether oxygens (including phenoxy) is 2. The Morgan fingerprint density at radius 1 is 0.676 bits per heavy atom. The molecular formula is C53H64F2N8O5. The lowest BCUT2D eigenvalue weighted by atomic mass is 9.85. The summed E-state index contributed by atoms with van der Waals surface area (Å²) in [6, 6.07) is 24.1. The number of urea groups is 1. The fourth-order valence-electron chi connectivity index (χ4n) is 9.06. The van der Waals surface area contributed by atoms with Gasteiger partial charge in [0.15, 0.2) is 0 Å². The maximum Gasteiger partial charge on any atom is 0.319 e. The molecule has 0 aliphatic carbocycles. The van der Waals surface area contributed by atoms with E-state index in [2.05, 4.69) is 10.6 Å². The Hall–Kier alpha value is -6.39. The lowest BCUT2D eigenvalue weighted by Gasteiger charge is -2.37. The van der Waals surface area contributed by atoms with Crippen LogP contribution in [0.4, 0.5) is 25.0 Å². The second-order valence-electron chi connectivity index (χ2n) is 18.2. The number of likely N-dealkylation sites (tertiary alicyclic amines) is 2. The Balaban J connectivity index is 0.000000202. The molecule has 4 amide bonds. The van der Waals surface area contributed by atoms with E-state index >= 15 is 8.78 Å². The highest BCUT2D eigenvalue weighted by Crippen LogP contribution is 2.39. The third-order valence-electron chi connectivity index (χ3n) is 13.4. The highest BCUT2D eigenvalue weighted by molar-refractivity contribution is 5.99. The lowest BCUT2D eigenvalue weighted by Crippen LogP contribution is -2.43. The third-order valence-corrected chi connectivity index (χ3v) is 13.4. The van der Waals surface area contributed by atoms with Crippen LogP contribution in [0, 0.1) is 50.4 Å². The number of nitrogens with one attached hydrogen (secondary N) is 2. The molecule has 15 heteroatoms. The van der Waals surface area contributed by atoms with Crippen molar-refractivity contribution >= 4 is 29.2 Å². The summed E-state index contributed by atoms with van der Waals surface area (Å²) in [6.07, 6.45) is 5.57. The first-order valence-electron chi connectivity index (χ1n) is 23.5. The van der Waals surface area contributed by atoms with Gasteiger partial charge in [-0.3, -0.25) is 9.59 Å². The summed E-state index contributed by atoms with van der Waals surface area (Å²) in [5.74, 6) is -0.275. The topological polar surface area (TPSA) is 200 Å². The first-order chi connectivity index (χ1) is 32.6. The predicted octanol–water partition coefficient (Wildman–Crippen LogP) is 8.56. The first kappa shape index (κ1) is 51.0. The van der Waals surface area contributed by atoms with Gasteiger partial charge in [-0.2, -0.15) is 10.5 Å². The lowest BCUT2D eigenvalue weighted by molar-refractivity contribution is 0.0412. The number of carbonyl (C=O) groups is 3. The van der Waals surface area contributed by atoms with Gasteiger partial charge in [0, 0.05) is 101 Å². The van der Waals surface area contributed by atoms with Gasteiger partial charge in [0.1, 0.15) is 11.3 Å². The monoisotopic (exact) mass is 930 g/mol. The Bertz CT molecular complexity index is 2480. The number of carbonyl (C=O) groups excluding carboxylic acids is 3. The molecule has 68 heavy (non-hydrogen) atoms. The number of nitriles is 2. The van der Waals surface area contributed by atoms with E-state index in [0.29, 0.717) is 77.0 Å². The molecule has 4 aliphatic rings. The van der Waals surface area contributed by atoms with E-state index in [4.69, 9.17) is 31.5 Å². The predicted molar refractivity (Wildman–Crippen MR) is 258 cm³/mol. The van der Waals surface area contributed by atoms with Gasteiger partial charge < -0.3 is 41.4 Å². The molecule has 13 nitrogen and oxygen atoms in total. The van der Waals surface area contributed by atoms with Crippen molar-refractivity contribution in [2.45, 2.75) is 103 Å². The molecule has 4 aromatic rings. The standard InChI is InChI=1S/C27H31FN4O3.C21H22FN3O.C5H11NO/c1-18-14-19(2)24(31-26(34)30-17-22-4-3-13-35-22)15-23(18)25(33)32-11-9-27(28,10-12-32)21-7-5-20(16-29)6-8-21;1-14-11-15(2)19(24)12-18(14)20(26)25-9-7-21(22,8-10-25)17-5-3-16(13-23)4-6-17;6-4-5-2-1-3-7-5/h5-8,14-15,22H,3-4,9-13,17H2,1-2H3,(H2,30,31,34);3-6,11-12H,7-10,24H2,1-2H3;5H,1-4,6H2/t22-;;5-/m1.1/s1. The molecule has 6 N–H and O–H groups in total. The summed E-state index contributed by atoms with van der Waals surface area (Å²) in [4.78, 5) is 41.9. The quantitative estimate of drug-likeness (QED) is 0.125. The normalized spacial score (nSPS) is 19.2. The van der Waals surface area contributed by atoms with Crippen LogP contribution in [0.1, 0.15) is 117 Å². The average molecular weight is 931 g/mol. The molecule has 4 fully saturated rings. The van der Waals surface area contributed by atoms with Crippen molar-refractivity contribution in [2.24, 2.45) is 5.73 Å². The molecule has 0 bridgehead atoms. The summed E-state index contributed by atoms with van der Waals surface area (Å²) >= 11 is 0. The zero-order valence-corrected chi connectivity index (χ0v) is 39.6. The van der Waals surface area contributed by atoms with E-state index in [1.165, 1.54) is 6.42 Å². The Kier molecular flexibility index (Phi) is 17.3. The molecule has 4 aromatic carbocycles. The Morgan fingerprint density at radius 3 is 1.53 bits per heavy atom. The van der Waals surface area contributed by atoms with Gasteiger partial charge in [-0.25, -0.2) is 13.6 Å². The van der Waals surface area contributed by atoms with Crippen molar-refractivity contribution < 1.29 is 32.6 Å². The number of aryl methyl sites for hydroxylation is 4. The van der Waals surface area contributed by atoms with Crippen LogP contribution in [0.5, 0.6) is 0 Å². The Morgan fingerprint density at radius 2 is 1.12 bits per heavy atom. The molecule has 0 saturated carbocycles. The van der Waals surface area contributed by atoms with Crippen LogP contribution in [0.3, 0.4) is 0 Å². The fourth-order valence-corrected chi connectivity index (χ4v) is 9.06. The van der Waals surface area contributed by atoms with Crippen LogP contribution in [-0.2, 0) is 20.8 Å². The molecule has 4 aliphatic heterocycles. The van der Waals surface area contributed by atoms with Crippen molar-refractivity contribution in [1.29, 1.82) is 10.5 Å². The second-order valence-corrected chi connectivity index (χ2v) is 18.2. The number of benzene rings is 4. The number of nitrogens with zero attached hydrogens (tertiary/aromatic N) is 4. The van der Waals surface area contributed by atoms with Gasteiger partial charge in [-0.1, -0.05) is 36.4 Å². The number of hydrogen-bond donors (Lipinski definition) is 4. The summed E-state index contributed by atoms with van der Waals surface area (Å²) in [7, 11) is 0. The number of nitrogen functional groups attached to an aromatic ring is 1. The molecule has 0 spiro atoms. The molecule has 4 heterocycles. The van der Waals surface area contributed by atoms with E-state index in [9.17, 15) is 14.4 Å². The van der Waals surface area contributed by atoms with Gasteiger partial charge >= 0.3 is 6.03 Å². The van der Waals surface area contributed by atoms with Crippen LogP contribution >= 0.6 is 0 Å². The first-order valence-corrected chi connectivity index (χ1v) is 23.5. The summed E-state index contributed by atoms with van der Waals surface area (Å²) < 4.78 is 41.7. The number of piperidine rings is 2. The van der Waals surface area contributed by atoms with Crippen LogP contribution in [0.25, 0.3) is 0 Å². The van der Waals surface area contributed by atoms with Gasteiger partial charge in [0.25, 0.3) is 11.8 Å². The Labute approximate surface area is 398 Å². The van der Waals surface area contributed by atoms with E-state index in [1.807, 2.05) is 52.0 Å². The zero-order chi connectivity index (χ0) is 49.0. The largest absolute Gasteiger partial charge is 0.398 e. The maximum absolute atomic E-state index is 15.6. The van der Waals surface area contributed by atoms with Crippen LogP contribution in [0.2, 0.25) is 0 Å². The number of nitrogens with two attached hydrogens (primary N) is 2. The number of alkyl halides is 2. The van der Waals surface area contributed by atoms with Crippen molar-refractivity contribution in [3.8, 4) is 12.1 Å². The average Bonchev–Trinajstić information content (AvgIpc) is 4.09. The van der Waals surface area contributed by atoms with E-state index < -0.39 is 11.3 Å². The van der Waals surface area contributed by atoms with Crippen LogP contribution < -0.4 is 22.1 Å². The number of rotatable bonds is 8. The van der Waals surface area contributed by atoms with Crippen molar-refractivity contribution in [1.82, 2.24) is 15.1 Å². The fraction of sp³-hybridized carbons (Fsp3) is 0.453. The van der Waals surface area contributed by atoms with Gasteiger partial charge in [-0.05, 0) is 123 Å². The highest BCUT2D eigenvalue weighted by atomic mass is 19.1.